The molecule has 0 spiro atoms. The van der Waals surface area contributed by atoms with Crippen molar-refractivity contribution in [3.05, 3.63) is 22.6 Å². The van der Waals surface area contributed by atoms with Crippen LogP contribution in [0.25, 0.3) is 0 Å². The van der Waals surface area contributed by atoms with Gasteiger partial charge in [-0.2, -0.15) is 5.10 Å². The Kier molecular flexibility index (Phi) is 4.91. The summed E-state index contributed by atoms with van der Waals surface area (Å²) in [5.41, 5.74) is 1.05. The maximum Gasteiger partial charge on any atom is 0.268 e. The number of nitrogens with one attached hydrogen (secondary N) is 1. The van der Waals surface area contributed by atoms with Crippen molar-refractivity contribution in [3.63, 3.8) is 0 Å². The number of piperidine rings is 2. The van der Waals surface area contributed by atoms with E-state index >= 15 is 0 Å². The van der Waals surface area contributed by atoms with E-state index in [-0.39, 0.29) is 5.56 Å². The number of aryl methyl sites for hydroxylation is 1. The summed E-state index contributed by atoms with van der Waals surface area (Å²) in [6, 6.07) is 1.76. The van der Waals surface area contributed by atoms with Gasteiger partial charge < -0.3 is 10.2 Å². The fraction of sp³-hybridized carbons (Fsp3) is 0.750. The Hall–Kier alpha value is -1.36. The molecule has 0 amide bonds. The van der Waals surface area contributed by atoms with E-state index in [1.165, 1.54) is 32.1 Å². The van der Waals surface area contributed by atoms with Crippen LogP contribution in [-0.4, -0.2) is 36.0 Å². The highest BCUT2D eigenvalue weighted by Crippen LogP contribution is 2.18. The fourth-order valence-corrected chi connectivity index (χ4v) is 3.39. The van der Waals surface area contributed by atoms with Crippen LogP contribution in [0.4, 0.5) is 5.69 Å². The minimum Gasteiger partial charge on any atom is -0.370 e. The Morgan fingerprint density at radius 3 is 2.67 bits per heavy atom. The van der Waals surface area contributed by atoms with Gasteiger partial charge in [0.2, 0.25) is 0 Å². The monoisotopic (exact) mass is 290 g/mol. The number of hydrogen-bond acceptors (Lipinski definition) is 4. The summed E-state index contributed by atoms with van der Waals surface area (Å²) < 4.78 is 1.63. The molecule has 0 radical (unpaired) electrons. The average molecular weight is 290 g/mol. The summed E-state index contributed by atoms with van der Waals surface area (Å²) in [7, 11) is 0. The number of anilines is 1. The van der Waals surface area contributed by atoms with Gasteiger partial charge in [0.15, 0.2) is 0 Å². The third kappa shape index (κ3) is 3.84. The maximum absolute atomic E-state index is 12.2. The fourth-order valence-electron chi connectivity index (χ4n) is 3.39. The molecule has 0 unspecified atom stereocenters. The van der Waals surface area contributed by atoms with Gasteiger partial charge in [-0.15, -0.1) is 0 Å². The van der Waals surface area contributed by atoms with Crippen LogP contribution in [0.1, 0.15) is 38.5 Å². The van der Waals surface area contributed by atoms with Crippen LogP contribution < -0.4 is 15.8 Å². The largest absolute Gasteiger partial charge is 0.370 e. The second-order valence-corrected chi connectivity index (χ2v) is 6.30. The lowest BCUT2D eigenvalue weighted by atomic mass is 9.95. The van der Waals surface area contributed by atoms with Gasteiger partial charge in [0.05, 0.1) is 11.9 Å². The van der Waals surface area contributed by atoms with Gasteiger partial charge >= 0.3 is 0 Å². The Bertz CT molecular complexity index is 501. The van der Waals surface area contributed by atoms with Crippen molar-refractivity contribution in [2.45, 2.75) is 45.1 Å². The minimum absolute atomic E-state index is 0.0482. The molecule has 21 heavy (non-hydrogen) atoms. The summed E-state index contributed by atoms with van der Waals surface area (Å²) in [5, 5.41) is 7.76. The molecule has 0 aromatic carbocycles. The molecule has 2 fully saturated rings. The van der Waals surface area contributed by atoms with Crippen LogP contribution in [0.2, 0.25) is 0 Å². The third-order valence-electron chi connectivity index (χ3n) is 4.78. The lowest BCUT2D eigenvalue weighted by Crippen LogP contribution is -2.33. The van der Waals surface area contributed by atoms with Gasteiger partial charge in [-0.25, -0.2) is 4.68 Å². The average Bonchev–Trinajstić information content (AvgIpc) is 2.55. The number of nitrogens with zero attached hydrogens (tertiary/aromatic N) is 3. The molecule has 2 aliphatic rings. The predicted molar refractivity (Wildman–Crippen MR) is 84.8 cm³/mol. The van der Waals surface area contributed by atoms with E-state index in [1.54, 1.807) is 10.7 Å². The first kappa shape index (κ1) is 14.6. The molecular weight excluding hydrogens is 264 g/mol. The van der Waals surface area contributed by atoms with Crippen molar-refractivity contribution < 1.29 is 0 Å². The van der Waals surface area contributed by atoms with Gasteiger partial charge in [0, 0.05) is 25.7 Å². The summed E-state index contributed by atoms with van der Waals surface area (Å²) in [6.07, 6.45) is 9.13. The molecule has 3 rings (SSSR count). The number of hydrogen-bond donors (Lipinski definition) is 1. The van der Waals surface area contributed by atoms with Gasteiger partial charge in [-0.05, 0) is 57.5 Å². The zero-order valence-corrected chi connectivity index (χ0v) is 12.8. The van der Waals surface area contributed by atoms with Crippen molar-refractivity contribution in [2.24, 2.45) is 5.92 Å². The van der Waals surface area contributed by atoms with Crippen molar-refractivity contribution in [3.8, 4) is 0 Å². The normalized spacial score (nSPS) is 20.7. The number of aromatic nitrogens is 2. The third-order valence-corrected chi connectivity index (χ3v) is 4.78. The number of rotatable bonds is 4. The standard InChI is InChI=1S/C16H26N4O/c21-16-12-15(19-9-2-1-3-10-19)13-18-20(16)11-6-14-4-7-17-8-5-14/h12-14,17H,1-11H2. The van der Waals surface area contributed by atoms with Crippen LogP contribution in [0.5, 0.6) is 0 Å². The summed E-state index contributed by atoms with van der Waals surface area (Å²) in [4.78, 5) is 14.5. The Labute approximate surface area is 126 Å². The molecule has 3 heterocycles. The molecule has 1 aromatic heterocycles. The summed E-state index contributed by atoms with van der Waals surface area (Å²) >= 11 is 0. The Balaban J connectivity index is 1.59. The summed E-state index contributed by atoms with van der Waals surface area (Å²) in [6.45, 7) is 5.09. The quantitative estimate of drug-likeness (QED) is 0.915. The lowest BCUT2D eigenvalue weighted by Gasteiger charge is -2.28. The molecule has 116 valence electrons. The van der Waals surface area contributed by atoms with Crippen molar-refractivity contribution >= 4 is 5.69 Å². The highest BCUT2D eigenvalue weighted by Gasteiger charge is 2.15. The topological polar surface area (TPSA) is 50.2 Å². The van der Waals surface area contributed by atoms with E-state index < -0.39 is 0 Å². The highest BCUT2D eigenvalue weighted by molar-refractivity contribution is 5.43. The van der Waals surface area contributed by atoms with Crippen LogP contribution in [0.3, 0.4) is 0 Å². The van der Waals surface area contributed by atoms with Crippen molar-refractivity contribution in [1.29, 1.82) is 0 Å². The van der Waals surface area contributed by atoms with E-state index in [2.05, 4.69) is 15.3 Å². The molecule has 0 atom stereocenters. The highest BCUT2D eigenvalue weighted by atomic mass is 16.1. The minimum atomic E-state index is 0.0482. The zero-order chi connectivity index (χ0) is 14.5. The van der Waals surface area contributed by atoms with Crippen LogP contribution in [0.15, 0.2) is 17.1 Å². The molecule has 1 aromatic rings. The van der Waals surface area contributed by atoms with E-state index in [1.807, 2.05) is 6.20 Å². The molecule has 0 bridgehead atoms. The molecule has 2 aliphatic heterocycles. The molecule has 0 saturated carbocycles. The Morgan fingerprint density at radius 2 is 1.95 bits per heavy atom. The van der Waals surface area contributed by atoms with Gasteiger partial charge in [0.1, 0.15) is 0 Å². The smallest absolute Gasteiger partial charge is 0.268 e. The van der Waals surface area contributed by atoms with Crippen LogP contribution >= 0.6 is 0 Å². The first-order valence-corrected chi connectivity index (χ1v) is 8.36. The van der Waals surface area contributed by atoms with Crippen LogP contribution in [-0.2, 0) is 6.54 Å². The molecular formula is C16H26N4O. The first-order chi connectivity index (χ1) is 10.3. The molecule has 2 saturated heterocycles. The molecule has 1 N–H and O–H groups in total. The van der Waals surface area contributed by atoms with Gasteiger partial charge in [-0.1, -0.05) is 0 Å². The second-order valence-electron chi connectivity index (χ2n) is 6.30. The predicted octanol–water partition coefficient (Wildman–Crippen LogP) is 1.62. The van der Waals surface area contributed by atoms with Crippen molar-refractivity contribution in [1.82, 2.24) is 15.1 Å². The van der Waals surface area contributed by atoms with Crippen molar-refractivity contribution in [2.75, 3.05) is 31.1 Å². The molecule has 5 nitrogen and oxygen atoms in total. The lowest BCUT2D eigenvalue weighted by molar-refractivity contribution is 0.329. The van der Waals surface area contributed by atoms with Gasteiger partial charge in [0.25, 0.3) is 5.56 Å². The first-order valence-electron chi connectivity index (χ1n) is 8.36. The maximum atomic E-state index is 12.2. The van der Waals surface area contributed by atoms with Gasteiger partial charge in [-0.3, -0.25) is 4.79 Å². The second kappa shape index (κ2) is 7.07. The molecule has 0 aliphatic carbocycles. The summed E-state index contributed by atoms with van der Waals surface area (Å²) in [5.74, 6) is 0.738. The van der Waals surface area contributed by atoms with E-state index in [9.17, 15) is 4.79 Å². The van der Waals surface area contributed by atoms with E-state index in [0.29, 0.717) is 0 Å². The van der Waals surface area contributed by atoms with E-state index in [0.717, 1.165) is 50.7 Å². The zero-order valence-electron chi connectivity index (χ0n) is 12.8. The van der Waals surface area contributed by atoms with Crippen LogP contribution in [0, 0.1) is 5.92 Å². The van der Waals surface area contributed by atoms with E-state index in [4.69, 9.17) is 0 Å². The molecule has 5 heteroatoms. The Morgan fingerprint density at radius 1 is 1.19 bits per heavy atom. The SMILES string of the molecule is O=c1cc(N2CCCCC2)cnn1CCC1CCNCC1.